The molecule has 0 saturated heterocycles. The fourth-order valence-electron chi connectivity index (χ4n) is 0.343. The standard InChI is InChI=1S/C10H22O2.C3H9N/c1-7-9(3,4)11-12-10(5,6)8-2;1-4(2)3/h7-8H2,1-6H3;1-3H3. The number of hydrogen-bond acceptors (Lipinski definition) is 3. The topological polar surface area (TPSA) is 21.7 Å². The highest BCUT2D eigenvalue weighted by Crippen LogP contribution is 2.20. The molecule has 0 heterocycles. The molecule has 100 valence electrons. The predicted octanol–water partition coefficient (Wildman–Crippen LogP) is 3.49. The van der Waals surface area contributed by atoms with Gasteiger partial charge in [0, 0.05) is 0 Å². The van der Waals surface area contributed by atoms with Crippen molar-refractivity contribution in [3.8, 4) is 0 Å². The molecule has 0 aromatic carbocycles. The zero-order valence-electron chi connectivity index (χ0n) is 12.7. The van der Waals surface area contributed by atoms with Crippen LogP contribution in [0.2, 0.25) is 0 Å². The van der Waals surface area contributed by atoms with Crippen molar-refractivity contribution < 1.29 is 9.78 Å². The lowest BCUT2D eigenvalue weighted by Gasteiger charge is -2.29. The molecule has 0 bridgehead atoms. The van der Waals surface area contributed by atoms with E-state index in [-0.39, 0.29) is 11.2 Å². The second kappa shape index (κ2) is 8.04. The molecule has 0 aliphatic rings. The summed E-state index contributed by atoms with van der Waals surface area (Å²) in [5, 5.41) is 0. The smallest absolute Gasteiger partial charge is 0.0977 e. The Morgan fingerprint density at radius 2 is 0.938 bits per heavy atom. The highest BCUT2D eigenvalue weighted by atomic mass is 17.2. The summed E-state index contributed by atoms with van der Waals surface area (Å²) in [5.41, 5.74) is -0.348. The van der Waals surface area contributed by atoms with Crippen LogP contribution < -0.4 is 0 Å². The molecule has 0 saturated carbocycles. The number of nitrogens with zero attached hydrogens (tertiary/aromatic N) is 1. The SMILES string of the molecule is CCC(C)(C)OOC(C)(C)CC.CN(C)C. The zero-order valence-corrected chi connectivity index (χ0v) is 12.7. The van der Waals surface area contributed by atoms with Crippen molar-refractivity contribution in [3.63, 3.8) is 0 Å². The normalized spacial score (nSPS) is 12.4. The van der Waals surface area contributed by atoms with E-state index in [1.54, 1.807) is 0 Å². The highest BCUT2D eigenvalue weighted by molar-refractivity contribution is 4.66. The van der Waals surface area contributed by atoms with Crippen molar-refractivity contribution in [1.82, 2.24) is 4.90 Å². The Labute approximate surface area is 102 Å². The molecule has 0 spiro atoms. The van der Waals surface area contributed by atoms with Crippen molar-refractivity contribution in [2.75, 3.05) is 21.1 Å². The van der Waals surface area contributed by atoms with E-state index in [0.717, 1.165) is 12.8 Å². The molecule has 0 aromatic heterocycles. The second-order valence-electron chi connectivity index (χ2n) is 5.73. The van der Waals surface area contributed by atoms with Gasteiger partial charge in [0.25, 0.3) is 0 Å². The maximum Gasteiger partial charge on any atom is 0.0977 e. The van der Waals surface area contributed by atoms with E-state index in [2.05, 4.69) is 13.8 Å². The minimum Gasteiger partial charge on any atom is -0.312 e. The summed E-state index contributed by atoms with van der Waals surface area (Å²) in [7, 11) is 6.00. The first kappa shape index (κ1) is 18.3. The molecule has 0 radical (unpaired) electrons. The van der Waals surface area contributed by atoms with Crippen LogP contribution in [0.3, 0.4) is 0 Å². The first-order valence-corrected chi connectivity index (χ1v) is 6.04. The lowest BCUT2D eigenvalue weighted by atomic mass is 10.1. The molecule has 0 unspecified atom stereocenters. The van der Waals surface area contributed by atoms with Crippen LogP contribution >= 0.6 is 0 Å². The van der Waals surface area contributed by atoms with E-state index in [0.29, 0.717) is 0 Å². The Bertz CT molecular complexity index is 147. The summed E-state index contributed by atoms with van der Waals surface area (Å²) in [5.74, 6) is 0. The summed E-state index contributed by atoms with van der Waals surface area (Å²) < 4.78 is 0. The van der Waals surface area contributed by atoms with Gasteiger partial charge in [-0.25, -0.2) is 9.78 Å². The van der Waals surface area contributed by atoms with Crippen molar-refractivity contribution in [2.24, 2.45) is 0 Å². The Kier molecular flexibility index (Phi) is 9.17. The van der Waals surface area contributed by atoms with Crippen molar-refractivity contribution in [1.29, 1.82) is 0 Å². The zero-order chi connectivity index (χ0) is 13.4. The minimum absolute atomic E-state index is 0.174. The third-order valence-electron chi connectivity index (χ3n) is 2.20. The molecule has 0 aliphatic carbocycles. The molecule has 0 rings (SSSR count). The van der Waals surface area contributed by atoms with Crippen molar-refractivity contribution >= 4 is 0 Å². The summed E-state index contributed by atoms with van der Waals surface area (Å²) >= 11 is 0. The Balaban J connectivity index is 0. The van der Waals surface area contributed by atoms with E-state index in [4.69, 9.17) is 9.78 Å². The highest BCUT2D eigenvalue weighted by Gasteiger charge is 2.23. The molecular weight excluding hydrogens is 202 g/mol. The minimum atomic E-state index is -0.174. The molecule has 0 atom stereocenters. The molecule has 0 fully saturated rings. The number of hydrogen-bond donors (Lipinski definition) is 0. The van der Waals surface area contributed by atoms with Gasteiger partial charge in [-0.3, -0.25) is 0 Å². The van der Waals surface area contributed by atoms with Gasteiger partial charge >= 0.3 is 0 Å². The van der Waals surface area contributed by atoms with Gasteiger partial charge in [-0.2, -0.15) is 0 Å². The fourth-order valence-corrected chi connectivity index (χ4v) is 0.343. The van der Waals surface area contributed by atoms with Gasteiger partial charge in [-0.15, -0.1) is 0 Å². The van der Waals surface area contributed by atoms with Crippen LogP contribution in [0.5, 0.6) is 0 Å². The summed E-state index contributed by atoms with van der Waals surface area (Å²) in [6.45, 7) is 12.3. The summed E-state index contributed by atoms with van der Waals surface area (Å²) in [6.07, 6.45) is 1.90. The molecule has 3 heteroatoms. The van der Waals surface area contributed by atoms with Gasteiger partial charge in [-0.1, -0.05) is 13.8 Å². The molecule has 0 aromatic rings. The molecule has 16 heavy (non-hydrogen) atoms. The van der Waals surface area contributed by atoms with Crippen LogP contribution in [0, 0.1) is 0 Å². The van der Waals surface area contributed by atoms with Crippen LogP contribution in [0.1, 0.15) is 54.4 Å². The van der Waals surface area contributed by atoms with Crippen LogP contribution in [0.4, 0.5) is 0 Å². The lowest BCUT2D eigenvalue weighted by molar-refractivity contribution is -0.401. The first-order chi connectivity index (χ1) is 7.06. The van der Waals surface area contributed by atoms with Crippen molar-refractivity contribution in [2.45, 2.75) is 65.6 Å². The van der Waals surface area contributed by atoms with Crippen LogP contribution in [-0.2, 0) is 9.78 Å². The van der Waals surface area contributed by atoms with E-state index < -0.39 is 0 Å². The van der Waals surface area contributed by atoms with Crippen molar-refractivity contribution in [3.05, 3.63) is 0 Å². The predicted molar refractivity (Wildman–Crippen MR) is 70.5 cm³/mol. The Morgan fingerprint density at radius 1 is 0.750 bits per heavy atom. The van der Waals surface area contributed by atoms with Gasteiger partial charge in [-0.05, 0) is 61.7 Å². The summed E-state index contributed by atoms with van der Waals surface area (Å²) in [4.78, 5) is 12.7. The van der Waals surface area contributed by atoms with Gasteiger partial charge in [0.15, 0.2) is 0 Å². The third kappa shape index (κ3) is 13.9. The Morgan fingerprint density at radius 3 is 1.06 bits per heavy atom. The third-order valence-corrected chi connectivity index (χ3v) is 2.20. The fraction of sp³-hybridized carbons (Fsp3) is 1.00. The molecule has 3 nitrogen and oxygen atoms in total. The molecular formula is C13H31NO2. The molecule has 0 amide bonds. The maximum atomic E-state index is 5.33. The van der Waals surface area contributed by atoms with Crippen LogP contribution in [-0.4, -0.2) is 37.2 Å². The molecule has 0 aliphatic heterocycles. The van der Waals surface area contributed by atoms with E-state index in [1.165, 1.54) is 0 Å². The average Bonchev–Trinajstić information content (AvgIpc) is 2.15. The summed E-state index contributed by atoms with van der Waals surface area (Å²) in [6, 6.07) is 0. The van der Waals surface area contributed by atoms with E-state index in [1.807, 2.05) is 53.7 Å². The van der Waals surface area contributed by atoms with Gasteiger partial charge in [0.1, 0.15) is 0 Å². The monoisotopic (exact) mass is 233 g/mol. The first-order valence-electron chi connectivity index (χ1n) is 6.04. The lowest BCUT2D eigenvalue weighted by Crippen LogP contribution is -2.31. The average molecular weight is 233 g/mol. The van der Waals surface area contributed by atoms with Crippen LogP contribution in [0.15, 0.2) is 0 Å². The van der Waals surface area contributed by atoms with Gasteiger partial charge in [0.05, 0.1) is 11.2 Å². The Hall–Kier alpha value is -0.120. The van der Waals surface area contributed by atoms with Crippen LogP contribution in [0.25, 0.3) is 0 Å². The second-order valence-corrected chi connectivity index (χ2v) is 5.73. The molecule has 0 N–H and O–H groups in total. The van der Waals surface area contributed by atoms with E-state index in [9.17, 15) is 0 Å². The maximum absolute atomic E-state index is 5.33. The number of rotatable bonds is 5. The van der Waals surface area contributed by atoms with E-state index >= 15 is 0 Å². The largest absolute Gasteiger partial charge is 0.312 e. The van der Waals surface area contributed by atoms with Gasteiger partial charge < -0.3 is 4.90 Å². The quantitative estimate of drug-likeness (QED) is 0.536. The van der Waals surface area contributed by atoms with Gasteiger partial charge in [0.2, 0.25) is 0 Å².